The summed E-state index contributed by atoms with van der Waals surface area (Å²) in [4.78, 5) is 32.9. The van der Waals surface area contributed by atoms with Crippen LogP contribution >= 0.6 is 0 Å². The molecule has 2 aromatic carbocycles. The Kier molecular flexibility index (Phi) is 6.22. The molecular weight excluding hydrogens is 458 g/mol. The summed E-state index contributed by atoms with van der Waals surface area (Å²) in [5, 5.41) is 1.03. The molecule has 0 atom stereocenters. The molecule has 3 heterocycles. The van der Waals surface area contributed by atoms with Crippen LogP contribution in [0.15, 0.2) is 48.4 Å². The Hall–Kier alpha value is -3.78. The van der Waals surface area contributed by atoms with Gasteiger partial charge in [-0.25, -0.2) is 4.79 Å². The van der Waals surface area contributed by atoms with Crippen LogP contribution in [0.4, 0.5) is 4.79 Å². The first-order valence-corrected chi connectivity index (χ1v) is 12.1. The number of methoxy groups -OCH3 is 1. The lowest BCUT2D eigenvalue weighted by Gasteiger charge is -2.35. The molecule has 2 aliphatic rings. The molecule has 1 aromatic heterocycles. The van der Waals surface area contributed by atoms with Crippen molar-refractivity contribution in [2.45, 2.75) is 32.9 Å². The number of ketones is 1. The van der Waals surface area contributed by atoms with Gasteiger partial charge in [-0.05, 0) is 45.0 Å². The van der Waals surface area contributed by atoms with Gasteiger partial charge < -0.3 is 24.1 Å². The van der Waals surface area contributed by atoms with Crippen LogP contribution in [0.5, 0.6) is 11.5 Å². The first kappa shape index (κ1) is 23.9. The molecule has 0 aliphatic carbocycles. The van der Waals surface area contributed by atoms with Crippen LogP contribution in [-0.4, -0.2) is 65.6 Å². The van der Waals surface area contributed by atoms with Crippen LogP contribution in [0.3, 0.4) is 0 Å². The van der Waals surface area contributed by atoms with Crippen LogP contribution in [0.2, 0.25) is 0 Å². The van der Waals surface area contributed by atoms with E-state index in [-0.39, 0.29) is 11.9 Å². The number of aromatic amines is 1. The lowest BCUT2D eigenvalue weighted by atomic mass is 10.0. The molecule has 1 amide bonds. The number of hydrogen-bond donors (Lipinski definition) is 1. The topological polar surface area (TPSA) is 84.1 Å². The highest BCUT2D eigenvalue weighted by atomic mass is 16.6. The first-order chi connectivity index (χ1) is 17.2. The number of para-hydroxylation sites is 1. The van der Waals surface area contributed by atoms with Crippen molar-refractivity contribution in [1.82, 2.24) is 14.8 Å². The summed E-state index contributed by atoms with van der Waals surface area (Å²) in [6, 6.07) is 11.6. The number of nitrogens with one attached hydrogen (secondary N) is 1. The van der Waals surface area contributed by atoms with Crippen LogP contribution in [0, 0.1) is 0 Å². The first-order valence-electron chi connectivity index (χ1n) is 12.1. The Bertz CT molecular complexity index is 1340. The zero-order valence-corrected chi connectivity index (χ0v) is 21.1. The van der Waals surface area contributed by atoms with E-state index in [1.807, 2.05) is 57.3 Å². The Morgan fingerprint density at radius 1 is 1.14 bits per heavy atom. The van der Waals surface area contributed by atoms with Crippen LogP contribution < -0.4 is 9.47 Å². The minimum absolute atomic E-state index is 0.162. The van der Waals surface area contributed by atoms with E-state index in [9.17, 15) is 9.59 Å². The van der Waals surface area contributed by atoms with E-state index in [1.54, 1.807) is 24.2 Å². The molecule has 8 nitrogen and oxygen atoms in total. The Balaban J connectivity index is 1.34. The van der Waals surface area contributed by atoms with Crippen molar-refractivity contribution in [3.8, 4) is 11.5 Å². The number of benzene rings is 2. The minimum Gasteiger partial charge on any atom is -0.497 e. The SMILES string of the molecule is COc1cc(CN2CCN(C(=O)OC(C)(C)C)CC2)c2c(c1)C(=O)C(=Cc1c[nH]c3ccccc13)O2. The number of H-pyrrole nitrogens is 1. The maximum Gasteiger partial charge on any atom is 0.410 e. The zero-order valence-electron chi connectivity index (χ0n) is 21.1. The van der Waals surface area contributed by atoms with Crippen molar-refractivity contribution in [1.29, 1.82) is 0 Å². The number of ether oxygens (including phenoxy) is 3. The molecule has 2 aliphatic heterocycles. The summed E-state index contributed by atoms with van der Waals surface area (Å²) in [7, 11) is 1.59. The fourth-order valence-corrected chi connectivity index (χ4v) is 4.58. The van der Waals surface area contributed by atoms with E-state index in [0.717, 1.165) is 22.0 Å². The molecule has 8 heteroatoms. The van der Waals surface area contributed by atoms with Gasteiger partial charge in [0.2, 0.25) is 5.78 Å². The van der Waals surface area contributed by atoms with Gasteiger partial charge in [0.05, 0.1) is 12.7 Å². The lowest BCUT2D eigenvalue weighted by molar-refractivity contribution is 0.0138. The number of aromatic nitrogens is 1. The number of amides is 1. The van der Waals surface area contributed by atoms with Crippen molar-refractivity contribution in [3.05, 3.63) is 65.0 Å². The van der Waals surface area contributed by atoms with Gasteiger partial charge in [0, 0.05) is 61.0 Å². The van der Waals surface area contributed by atoms with Crippen LogP contribution in [0.25, 0.3) is 17.0 Å². The fraction of sp³-hybridized carbons (Fsp3) is 0.357. The van der Waals surface area contributed by atoms with E-state index in [0.29, 0.717) is 55.5 Å². The molecule has 3 aromatic rings. The average molecular weight is 490 g/mol. The van der Waals surface area contributed by atoms with Gasteiger partial charge in [0.15, 0.2) is 5.76 Å². The molecular formula is C28H31N3O5. The van der Waals surface area contributed by atoms with Gasteiger partial charge in [0.25, 0.3) is 0 Å². The predicted molar refractivity (Wildman–Crippen MR) is 137 cm³/mol. The minimum atomic E-state index is -0.517. The molecule has 5 rings (SSSR count). The highest BCUT2D eigenvalue weighted by molar-refractivity contribution is 6.15. The molecule has 0 unspecified atom stereocenters. The summed E-state index contributed by atoms with van der Waals surface area (Å²) in [5.41, 5.74) is 2.76. The second-order valence-electron chi connectivity index (χ2n) is 10.1. The molecule has 0 saturated carbocycles. The fourth-order valence-electron chi connectivity index (χ4n) is 4.58. The van der Waals surface area contributed by atoms with Crippen molar-refractivity contribution < 1.29 is 23.8 Å². The molecule has 1 fully saturated rings. The number of hydrogen-bond acceptors (Lipinski definition) is 6. The second-order valence-corrected chi connectivity index (χ2v) is 10.1. The normalized spacial score (nSPS) is 17.4. The van der Waals surface area contributed by atoms with Crippen LogP contribution in [-0.2, 0) is 11.3 Å². The third-order valence-corrected chi connectivity index (χ3v) is 6.38. The maximum atomic E-state index is 13.3. The number of carbonyl (C=O) groups is 2. The molecule has 0 radical (unpaired) electrons. The predicted octanol–water partition coefficient (Wildman–Crippen LogP) is 4.85. The van der Waals surface area contributed by atoms with Gasteiger partial charge in [-0.2, -0.15) is 0 Å². The van der Waals surface area contributed by atoms with E-state index in [2.05, 4.69) is 9.88 Å². The highest BCUT2D eigenvalue weighted by Crippen LogP contribution is 2.39. The third kappa shape index (κ3) is 4.81. The summed E-state index contributed by atoms with van der Waals surface area (Å²) in [6.45, 7) is 8.72. The molecule has 188 valence electrons. The second kappa shape index (κ2) is 9.35. The Morgan fingerprint density at radius 3 is 2.61 bits per heavy atom. The van der Waals surface area contributed by atoms with E-state index < -0.39 is 5.60 Å². The van der Waals surface area contributed by atoms with Gasteiger partial charge in [0.1, 0.15) is 17.1 Å². The number of carbonyl (C=O) groups excluding carboxylic acids is 2. The van der Waals surface area contributed by atoms with E-state index in [4.69, 9.17) is 14.2 Å². The lowest BCUT2D eigenvalue weighted by Crippen LogP contribution is -2.49. The third-order valence-electron chi connectivity index (χ3n) is 6.38. The molecule has 0 spiro atoms. The molecule has 1 N–H and O–H groups in total. The average Bonchev–Trinajstić information content (AvgIpc) is 3.40. The van der Waals surface area contributed by atoms with Gasteiger partial charge in [-0.1, -0.05) is 18.2 Å². The van der Waals surface area contributed by atoms with Crippen LogP contribution in [0.1, 0.15) is 42.3 Å². The van der Waals surface area contributed by atoms with Crippen molar-refractivity contribution in [3.63, 3.8) is 0 Å². The quantitative estimate of drug-likeness (QED) is 0.528. The molecule has 1 saturated heterocycles. The number of nitrogens with zero attached hydrogens (tertiary/aromatic N) is 2. The number of rotatable bonds is 4. The van der Waals surface area contributed by atoms with Crippen molar-refractivity contribution in [2.24, 2.45) is 0 Å². The standard InChI is InChI=1S/C28H31N3O5/c1-28(2,3)36-27(33)31-11-9-30(10-12-31)17-19-13-20(34-4)15-22-25(32)24(35-26(19)22)14-18-16-29-23-8-6-5-7-21(18)23/h5-8,13-16,29H,9-12,17H2,1-4H3. The zero-order chi connectivity index (χ0) is 25.4. The summed E-state index contributed by atoms with van der Waals surface area (Å²) in [6.07, 6.45) is 3.38. The summed E-state index contributed by atoms with van der Waals surface area (Å²) in [5.74, 6) is 1.31. The molecule has 36 heavy (non-hydrogen) atoms. The Morgan fingerprint density at radius 2 is 1.89 bits per heavy atom. The number of piperazine rings is 1. The van der Waals surface area contributed by atoms with Gasteiger partial charge in [-0.15, -0.1) is 0 Å². The highest BCUT2D eigenvalue weighted by Gasteiger charge is 2.32. The summed E-state index contributed by atoms with van der Waals surface area (Å²) < 4.78 is 17.2. The van der Waals surface area contributed by atoms with E-state index in [1.165, 1.54) is 0 Å². The number of allylic oxidation sites excluding steroid dienone is 1. The number of Topliss-reactive ketones (excluding diaryl/α,β-unsaturated/α-hetero) is 1. The summed E-state index contributed by atoms with van der Waals surface area (Å²) >= 11 is 0. The smallest absolute Gasteiger partial charge is 0.410 e. The number of fused-ring (bicyclic) bond motifs is 2. The van der Waals surface area contributed by atoms with E-state index >= 15 is 0 Å². The molecule has 0 bridgehead atoms. The Labute approximate surface area is 210 Å². The maximum absolute atomic E-state index is 13.3. The van der Waals surface area contributed by atoms with Crippen molar-refractivity contribution in [2.75, 3.05) is 33.3 Å². The largest absolute Gasteiger partial charge is 0.497 e. The monoisotopic (exact) mass is 489 g/mol. The van der Waals surface area contributed by atoms with Gasteiger partial charge in [-0.3, -0.25) is 9.69 Å². The van der Waals surface area contributed by atoms with Crippen molar-refractivity contribution >= 4 is 28.9 Å². The van der Waals surface area contributed by atoms with Gasteiger partial charge >= 0.3 is 6.09 Å².